The third-order valence-corrected chi connectivity index (χ3v) is 5.10. The van der Waals surface area contributed by atoms with Gasteiger partial charge in [-0.2, -0.15) is 0 Å². The van der Waals surface area contributed by atoms with Crippen molar-refractivity contribution in [3.05, 3.63) is 11.6 Å². The molecule has 0 radical (unpaired) electrons. The molecule has 2 unspecified atom stereocenters. The number of nitrogens with zero attached hydrogens (tertiary/aromatic N) is 3. The lowest BCUT2D eigenvalue weighted by atomic mass is 9.74. The van der Waals surface area contributed by atoms with Gasteiger partial charge in [0.2, 0.25) is 0 Å². The lowest BCUT2D eigenvalue weighted by molar-refractivity contribution is 0.231. The van der Waals surface area contributed by atoms with Gasteiger partial charge in [0.25, 0.3) is 0 Å². The second kappa shape index (κ2) is 4.89. The van der Waals surface area contributed by atoms with E-state index in [4.69, 9.17) is 0 Å². The summed E-state index contributed by atoms with van der Waals surface area (Å²) in [7, 11) is 0. The smallest absolute Gasteiger partial charge is 0.139 e. The molecule has 3 heterocycles. The molecule has 1 aromatic rings. The summed E-state index contributed by atoms with van der Waals surface area (Å²) >= 11 is 0. The second-order valence-corrected chi connectivity index (χ2v) is 6.95. The predicted octanol–water partition coefficient (Wildman–Crippen LogP) is 2.14. The van der Waals surface area contributed by atoms with Crippen molar-refractivity contribution in [1.82, 2.24) is 20.1 Å². The molecular formula is C15H26N4. The number of hydrogen-bond donors (Lipinski definition) is 1. The Bertz CT molecular complexity index is 443. The Labute approximate surface area is 116 Å². The molecule has 0 aliphatic carbocycles. The van der Waals surface area contributed by atoms with E-state index < -0.39 is 0 Å². The SMILES string of the molecule is CC1CCn2c(nnc2C(C)(C)C2CCCNC2)C1. The molecule has 4 nitrogen and oxygen atoms in total. The number of fused-ring (bicyclic) bond motifs is 1. The van der Waals surface area contributed by atoms with Crippen molar-refractivity contribution in [2.45, 2.75) is 58.4 Å². The molecule has 0 bridgehead atoms. The number of rotatable bonds is 2. The van der Waals surface area contributed by atoms with Crippen LogP contribution in [0.15, 0.2) is 0 Å². The number of hydrogen-bond acceptors (Lipinski definition) is 3. The molecule has 2 aliphatic heterocycles. The van der Waals surface area contributed by atoms with E-state index in [0.29, 0.717) is 5.92 Å². The Kier molecular flexibility index (Phi) is 3.37. The van der Waals surface area contributed by atoms with Crippen molar-refractivity contribution in [2.24, 2.45) is 11.8 Å². The molecule has 1 saturated heterocycles. The summed E-state index contributed by atoms with van der Waals surface area (Å²) in [5.74, 6) is 3.84. The van der Waals surface area contributed by atoms with E-state index in [1.54, 1.807) is 0 Å². The highest BCUT2D eigenvalue weighted by Gasteiger charge is 2.37. The first-order chi connectivity index (χ1) is 9.09. The molecule has 0 aromatic carbocycles. The summed E-state index contributed by atoms with van der Waals surface area (Å²) < 4.78 is 2.40. The molecule has 3 rings (SSSR count). The third-order valence-electron chi connectivity index (χ3n) is 5.10. The summed E-state index contributed by atoms with van der Waals surface area (Å²) in [6, 6.07) is 0. The number of aromatic nitrogens is 3. The van der Waals surface area contributed by atoms with Crippen LogP contribution in [-0.2, 0) is 18.4 Å². The van der Waals surface area contributed by atoms with Crippen LogP contribution >= 0.6 is 0 Å². The fourth-order valence-corrected chi connectivity index (χ4v) is 3.61. The van der Waals surface area contributed by atoms with Gasteiger partial charge < -0.3 is 9.88 Å². The maximum atomic E-state index is 4.56. The van der Waals surface area contributed by atoms with Gasteiger partial charge >= 0.3 is 0 Å². The van der Waals surface area contributed by atoms with E-state index >= 15 is 0 Å². The fourth-order valence-electron chi connectivity index (χ4n) is 3.61. The molecule has 0 amide bonds. The molecule has 1 aromatic heterocycles. The van der Waals surface area contributed by atoms with Gasteiger partial charge in [0.05, 0.1) is 0 Å². The van der Waals surface area contributed by atoms with Crippen molar-refractivity contribution in [3.63, 3.8) is 0 Å². The van der Waals surface area contributed by atoms with E-state index in [2.05, 4.69) is 40.9 Å². The summed E-state index contributed by atoms with van der Waals surface area (Å²) in [4.78, 5) is 0. The van der Waals surface area contributed by atoms with Gasteiger partial charge in [-0.05, 0) is 44.2 Å². The van der Waals surface area contributed by atoms with Crippen LogP contribution in [0, 0.1) is 11.8 Å². The molecule has 4 heteroatoms. The Balaban J connectivity index is 1.88. The predicted molar refractivity (Wildman–Crippen MR) is 76.1 cm³/mol. The molecule has 19 heavy (non-hydrogen) atoms. The van der Waals surface area contributed by atoms with Crippen molar-refractivity contribution in [2.75, 3.05) is 13.1 Å². The Morgan fingerprint density at radius 2 is 2.11 bits per heavy atom. The molecule has 2 atom stereocenters. The molecule has 1 N–H and O–H groups in total. The Morgan fingerprint density at radius 1 is 1.26 bits per heavy atom. The normalized spacial score (nSPS) is 28.2. The average molecular weight is 262 g/mol. The maximum absolute atomic E-state index is 4.56. The summed E-state index contributed by atoms with van der Waals surface area (Å²) in [6.07, 6.45) is 4.94. The van der Waals surface area contributed by atoms with Crippen LogP contribution in [0.5, 0.6) is 0 Å². The van der Waals surface area contributed by atoms with E-state index in [-0.39, 0.29) is 5.41 Å². The number of nitrogens with one attached hydrogen (secondary N) is 1. The summed E-state index contributed by atoms with van der Waals surface area (Å²) in [5.41, 5.74) is 0.124. The minimum Gasteiger partial charge on any atom is -0.316 e. The van der Waals surface area contributed by atoms with Crippen LogP contribution in [0.1, 0.15) is 51.7 Å². The second-order valence-electron chi connectivity index (χ2n) is 6.95. The lowest BCUT2D eigenvalue weighted by Gasteiger charge is -2.37. The van der Waals surface area contributed by atoms with E-state index in [0.717, 1.165) is 25.4 Å². The van der Waals surface area contributed by atoms with Crippen LogP contribution in [-0.4, -0.2) is 27.9 Å². The minimum atomic E-state index is 0.124. The first-order valence-corrected chi connectivity index (χ1v) is 7.72. The first-order valence-electron chi connectivity index (χ1n) is 7.72. The van der Waals surface area contributed by atoms with Gasteiger partial charge in [0.1, 0.15) is 11.6 Å². The van der Waals surface area contributed by atoms with Gasteiger partial charge in [-0.3, -0.25) is 0 Å². The van der Waals surface area contributed by atoms with Crippen molar-refractivity contribution in [3.8, 4) is 0 Å². The van der Waals surface area contributed by atoms with Crippen LogP contribution in [0.4, 0.5) is 0 Å². The zero-order valence-electron chi connectivity index (χ0n) is 12.4. The molecule has 0 saturated carbocycles. The van der Waals surface area contributed by atoms with Crippen LogP contribution in [0.25, 0.3) is 0 Å². The van der Waals surface area contributed by atoms with Crippen LogP contribution < -0.4 is 5.32 Å². The average Bonchev–Trinajstić information content (AvgIpc) is 2.83. The monoisotopic (exact) mass is 262 g/mol. The first kappa shape index (κ1) is 13.1. The van der Waals surface area contributed by atoms with Gasteiger partial charge in [0.15, 0.2) is 0 Å². The van der Waals surface area contributed by atoms with Crippen LogP contribution in [0.2, 0.25) is 0 Å². The molecular weight excluding hydrogens is 236 g/mol. The zero-order chi connectivity index (χ0) is 13.5. The lowest BCUT2D eigenvalue weighted by Crippen LogP contribution is -2.42. The van der Waals surface area contributed by atoms with Gasteiger partial charge in [-0.15, -0.1) is 10.2 Å². The van der Waals surface area contributed by atoms with Crippen molar-refractivity contribution >= 4 is 0 Å². The Morgan fingerprint density at radius 3 is 2.84 bits per heavy atom. The highest BCUT2D eigenvalue weighted by atomic mass is 15.3. The summed E-state index contributed by atoms with van der Waals surface area (Å²) in [6.45, 7) is 10.4. The zero-order valence-corrected chi connectivity index (χ0v) is 12.4. The molecule has 2 aliphatic rings. The standard InChI is InChI=1S/C15H26N4/c1-11-6-8-19-13(9-11)17-18-14(19)15(2,3)12-5-4-7-16-10-12/h11-12,16H,4-10H2,1-3H3. The van der Waals surface area contributed by atoms with E-state index in [1.165, 1.54) is 37.5 Å². The fraction of sp³-hybridized carbons (Fsp3) is 0.867. The van der Waals surface area contributed by atoms with Gasteiger partial charge in [0, 0.05) is 18.4 Å². The highest BCUT2D eigenvalue weighted by molar-refractivity contribution is 5.12. The highest BCUT2D eigenvalue weighted by Crippen LogP contribution is 2.36. The van der Waals surface area contributed by atoms with E-state index in [1.807, 2.05) is 0 Å². The molecule has 0 spiro atoms. The van der Waals surface area contributed by atoms with Crippen LogP contribution in [0.3, 0.4) is 0 Å². The van der Waals surface area contributed by atoms with Gasteiger partial charge in [-0.1, -0.05) is 20.8 Å². The topological polar surface area (TPSA) is 42.7 Å². The number of piperidine rings is 1. The quantitative estimate of drug-likeness (QED) is 0.888. The third kappa shape index (κ3) is 2.31. The molecule has 1 fully saturated rings. The van der Waals surface area contributed by atoms with Gasteiger partial charge in [-0.25, -0.2) is 0 Å². The van der Waals surface area contributed by atoms with Crippen molar-refractivity contribution < 1.29 is 0 Å². The molecule has 106 valence electrons. The maximum Gasteiger partial charge on any atom is 0.139 e. The summed E-state index contributed by atoms with van der Waals surface area (Å²) in [5, 5.41) is 12.6. The van der Waals surface area contributed by atoms with E-state index in [9.17, 15) is 0 Å². The minimum absolute atomic E-state index is 0.124. The Hall–Kier alpha value is -0.900. The largest absolute Gasteiger partial charge is 0.316 e. The van der Waals surface area contributed by atoms with Crippen molar-refractivity contribution in [1.29, 1.82) is 0 Å².